The summed E-state index contributed by atoms with van der Waals surface area (Å²) in [6, 6.07) is 34.1. The minimum atomic E-state index is 0.862. The zero-order chi connectivity index (χ0) is 22.4. The van der Waals surface area contributed by atoms with Gasteiger partial charge in [-0.1, -0.05) is 71.8 Å². The van der Waals surface area contributed by atoms with E-state index in [9.17, 15) is 0 Å². The normalized spacial score (nSPS) is 11.3. The molecule has 6 aromatic rings. The molecule has 0 unspecified atom stereocenters. The van der Waals surface area contributed by atoms with E-state index in [1.54, 1.807) is 0 Å². The van der Waals surface area contributed by atoms with E-state index in [1.165, 1.54) is 21.9 Å². The quantitative estimate of drug-likeness (QED) is 0.293. The Balaban J connectivity index is 1.66. The Hall–Kier alpha value is -4.24. The summed E-state index contributed by atoms with van der Waals surface area (Å²) >= 11 is 0. The van der Waals surface area contributed by atoms with Gasteiger partial charge in [0.05, 0.1) is 0 Å². The van der Waals surface area contributed by atoms with Crippen LogP contribution in [0.15, 0.2) is 103 Å². The average molecular weight is 426 g/mol. The molecule has 3 heteroatoms. The van der Waals surface area contributed by atoms with Crippen molar-refractivity contribution in [2.45, 2.75) is 13.8 Å². The first-order chi connectivity index (χ1) is 16.2. The van der Waals surface area contributed by atoms with Crippen molar-refractivity contribution in [3.8, 4) is 28.2 Å². The van der Waals surface area contributed by atoms with Crippen LogP contribution < -0.4 is 0 Å². The molecular formula is C30H23N3. The number of benzene rings is 4. The average Bonchev–Trinajstić information content (AvgIpc) is 3.23. The summed E-state index contributed by atoms with van der Waals surface area (Å²) < 4.78 is 2.17. The van der Waals surface area contributed by atoms with Crippen LogP contribution in [0.5, 0.6) is 0 Å². The Kier molecular flexibility index (Phi) is 4.55. The highest BCUT2D eigenvalue weighted by Crippen LogP contribution is 2.34. The van der Waals surface area contributed by atoms with E-state index in [1.807, 2.05) is 12.3 Å². The van der Waals surface area contributed by atoms with Gasteiger partial charge in [-0.25, -0.2) is 9.97 Å². The van der Waals surface area contributed by atoms with Crippen molar-refractivity contribution in [3.05, 3.63) is 114 Å². The SMILES string of the molecule is Cc1cc(C)cc(-c2nc3c(-c4ccc5ccccc5c4)ccnc3n2-c2ccccc2)c1. The van der Waals surface area contributed by atoms with Crippen LogP contribution in [-0.4, -0.2) is 14.5 Å². The molecule has 0 atom stereocenters. The smallest absolute Gasteiger partial charge is 0.165 e. The summed E-state index contributed by atoms with van der Waals surface area (Å²) in [6.07, 6.45) is 1.89. The van der Waals surface area contributed by atoms with E-state index in [-0.39, 0.29) is 0 Å². The second-order valence-electron chi connectivity index (χ2n) is 8.58. The zero-order valence-electron chi connectivity index (χ0n) is 18.7. The number of nitrogens with zero attached hydrogens (tertiary/aromatic N) is 3. The highest BCUT2D eigenvalue weighted by Gasteiger charge is 2.19. The summed E-state index contributed by atoms with van der Waals surface area (Å²) in [6.45, 7) is 4.26. The first-order valence-electron chi connectivity index (χ1n) is 11.2. The molecule has 0 N–H and O–H groups in total. The lowest BCUT2D eigenvalue weighted by molar-refractivity contribution is 1.08. The third kappa shape index (κ3) is 3.39. The number of pyridine rings is 1. The molecule has 0 aliphatic carbocycles. The Labute approximate surface area is 193 Å². The molecule has 2 heterocycles. The number of fused-ring (bicyclic) bond motifs is 2. The van der Waals surface area contributed by atoms with Crippen LogP contribution in [0.4, 0.5) is 0 Å². The minimum absolute atomic E-state index is 0.862. The van der Waals surface area contributed by atoms with Gasteiger partial charge in [-0.2, -0.15) is 0 Å². The third-order valence-electron chi connectivity index (χ3n) is 6.10. The number of para-hydroxylation sites is 1. The highest BCUT2D eigenvalue weighted by molar-refractivity contribution is 5.96. The summed E-state index contributed by atoms with van der Waals surface area (Å²) in [5, 5.41) is 2.45. The maximum atomic E-state index is 5.20. The molecule has 0 spiro atoms. The first-order valence-corrected chi connectivity index (χ1v) is 11.2. The van der Waals surface area contributed by atoms with Crippen LogP contribution in [0.25, 0.3) is 50.1 Å². The monoisotopic (exact) mass is 425 g/mol. The van der Waals surface area contributed by atoms with Crippen molar-refractivity contribution < 1.29 is 0 Å². The lowest BCUT2D eigenvalue weighted by Gasteiger charge is -2.10. The van der Waals surface area contributed by atoms with Crippen LogP contribution in [0.1, 0.15) is 11.1 Å². The molecule has 6 rings (SSSR count). The zero-order valence-corrected chi connectivity index (χ0v) is 18.7. The molecule has 0 fully saturated rings. The van der Waals surface area contributed by atoms with Gasteiger partial charge in [-0.3, -0.25) is 4.57 Å². The number of aromatic nitrogens is 3. The van der Waals surface area contributed by atoms with E-state index in [0.717, 1.165) is 39.4 Å². The van der Waals surface area contributed by atoms with E-state index in [2.05, 4.69) is 109 Å². The first kappa shape index (κ1) is 19.4. The van der Waals surface area contributed by atoms with Gasteiger partial charge in [0.15, 0.2) is 5.65 Å². The fourth-order valence-corrected chi connectivity index (χ4v) is 4.68. The van der Waals surface area contributed by atoms with Crippen molar-refractivity contribution in [3.63, 3.8) is 0 Å². The Bertz CT molecular complexity index is 1610. The number of rotatable bonds is 3. The fourth-order valence-electron chi connectivity index (χ4n) is 4.68. The van der Waals surface area contributed by atoms with E-state index >= 15 is 0 Å². The van der Waals surface area contributed by atoms with Gasteiger partial charge in [-0.15, -0.1) is 0 Å². The van der Waals surface area contributed by atoms with Gasteiger partial charge in [0.2, 0.25) is 0 Å². The van der Waals surface area contributed by atoms with Crippen LogP contribution in [0, 0.1) is 13.8 Å². The molecule has 0 aliphatic rings. The number of aryl methyl sites for hydroxylation is 2. The molecule has 158 valence electrons. The van der Waals surface area contributed by atoms with Gasteiger partial charge >= 0.3 is 0 Å². The number of hydrogen-bond acceptors (Lipinski definition) is 2. The standard InChI is InChI=1S/C30H23N3/c1-20-16-21(2)18-25(17-20)29-32-28-27(24-13-12-22-8-6-7-9-23(22)19-24)14-15-31-30(28)33(29)26-10-4-3-5-11-26/h3-19H,1-2H3. The summed E-state index contributed by atoms with van der Waals surface area (Å²) in [4.78, 5) is 10.00. The topological polar surface area (TPSA) is 30.7 Å². The largest absolute Gasteiger partial charge is 0.277 e. The molecule has 0 bridgehead atoms. The molecule has 0 aliphatic heterocycles. The molecule has 0 saturated heterocycles. The molecule has 2 aromatic heterocycles. The van der Waals surface area contributed by atoms with Crippen molar-refractivity contribution in [1.82, 2.24) is 14.5 Å². The fraction of sp³-hybridized carbons (Fsp3) is 0.0667. The van der Waals surface area contributed by atoms with Crippen molar-refractivity contribution in [2.24, 2.45) is 0 Å². The Morgan fingerprint density at radius 3 is 2.15 bits per heavy atom. The van der Waals surface area contributed by atoms with Crippen LogP contribution in [0.3, 0.4) is 0 Å². The van der Waals surface area contributed by atoms with Gasteiger partial charge in [0, 0.05) is 23.0 Å². The van der Waals surface area contributed by atoms with Gasteiger partial charge in [-0.05, 0) is 66.6 Å². The number of hydrogen-bond donors (Lipinski definition) is 0. The van der Waals surface area contributed by atoms with Crippen LogP contribution in [-0.2, 0) is 0 Å². The second kappa shape index (κ2) is 7.72. The second-order valence-corrected chi connectivity index (χ2v) is 8.58. The highest BCUT2D eigenvalue weighted by atomic mass is 15.1. The third-order valence-corrected chi connectivity index (χ3v) is 6.10. The molecule has 0 radical (unpaired) electrons. The number of imidazole rings is 1. The molecule has 4 aromatic carbocycles. The molecule has 0 saturated carbocycles. The Morgan fingerprint density at radius 2 is 1.36 bits per heavy atom. The molecule has 33 heavy (non-hydrogen) atoms. The lowest BCUT2D eigenvalue weighted by atomic mass is 10.0. The van der Waals surface area contributed by atoms with Crippen molar-refractivity contribution in [2.75, 3.05) is 0 Å². The van der Waals surface area contributed by atoms with Crippen LogP contribution in [0.2, 0.25) is 0 Å². The van der Waals surface area contributed by atoms with Crippen LogP contribution >= 0.6 is 0 Å². The molecule has 3 nitrogen and oxygen atoms in total. The predicted octanol–water partition coefficient (Wildman–Crippen LogP) is 7.52. The minimum Gasteiger partial charge on any atom is -0.277 e. The van der Waals surface area contributed by atoms with E-state index in [0.29, 0.717) is 0 Å². The Morgan fingerprint density at radius 1 is 0.636 bits per heavy atom. The van der Waals surface area contributed by atoms with Gasteiger partial charge < -0.3 is 0 Å². The molecule has 0 amide bonds. The summed E-state index contributed by atoms with van der Waals surface area (Å²) in [5.74, 6) is 0.906. The summed E-state index contributed by atoms with van der Waals surface area (Å²) in [7, 11) is 0. The maximum Gasteiger partial charge on any atom is 0.165 e. The van der Waals surface area contributed by atoms with E-state index in [4.69, 9.17) is 9.97 Å². The van der Waals surface area contributed by atoms with E-state index < -0.39 is 0 Å². The maximum absolute atomic E-state index is 5.20. The van der Waals surface area contributed by atoms with Crippen molar-refractivity contribution >= 4 is 21.9 Å². The lowest BCUT2D eigenvalue weighted by Crippen LogP contribution is -1.99. The predicted molar refractivity (Wildman–Crippen MR) is 137 cm³/mol. The van der Waals surface area contributed by atoms with Crippen molar-refractivity contribution in [1.29, 1.82) is 0 Å². The summed E-state index contributed by atoms with van der Waals surface area (Å²) in [5.41, 5.74) is 8.60. The van der Waals surface area contributed by atoms with Gasteiger partial charge in [0.1, 0.15) is 11.3 Å². The van der Waals surface area contributed by atoms with Gasteiger partial charge in [0.25, 0.3) is 0 Å². The molecular weight excluding hydrogens is 402 g/mol.